The quantitative estimate of drug-likeness (QED) is 0.639. The van der Waals surface area contributed by atoms with Crippen LogP contribution in [0, 0.1) is 6.92 Å². The van der Waals surface area contributed by atoms with Gasteiger partial charge in [0.15, 0.2) is 0 Å². The van der Waals surface area contributed by atoms with E-state index in [-0.39, 0.29) is 0 Å². The van der Waals surface area contributed by atoms with Gasteiger partial charge in [-0.3, -0.25) is 0 Å². The Bertz CT molecular complexity index is 701. The summed E-state index contributed by atoms with van der Waals surface area (Å²) in [6.07, 6.45) is 7.71. The lowest BCUT2D eigenvalue weighted by Crippen LogP contribution is -2.37. The van der Waals surface area contributed by atoms with E-state index in [2.05, 4.69) is 28.0 Å². The van der Waals surface area contributed by atoms with Gasteiger partial charge in [-0.15, -0.1) is 0 Å². The maximum Gasteiger partial charge on any atom is 0.328 e. The Morgan fingerprint density at radius 2 is 2.08 bits per heavy atom. The minimum atomic E-state index is -1.02. The molecule has 0 atom stereocenters. The van der Waals surface area contributed by atoms with Crippen molar-refractivity contribution >= 4 is 17.4 Å². The third-order valence-electron chi connectivity index (χ3n) is 3.51. The summed E-state index contributed by atoms with van der Waals surface area (Å²) in [6, 6.07) is 0. The molecule has 6 heteroatoms. The number of carbonyl (C=O) groups is 1. The summed E-state index contributed by atoms with van der Waals surface area (Å²) in [5, 5.41) is 8.71. The van der Waals surface area contributed by atoms with Gasteiger partial charge in [0.2, 0.25) is 0 Å². The van der Waals surface area contributed by atoms with E-state index in [1.807, 2.05) is 6.92 Å². The number of aliphatic carboxylic acids is 1. The lowest BCUT2D eigenvalue weighted by molar-refractivity contribution is -0.131. The van der Waals surface area contributed by atoms with Crippen LogP contribution in [0.15, 0.2) is 49.2 Å². The predicted octanol–water partition coefficient (Wildman–Crippen LogP) is 2.39. The van der Waals surface area contributed by atoms with Crippen molar-refractivity contribution in [3.63, 3.8) is 0 Å². The van der Waals surface area contributed by atoms with Gasteiger partial charge in [-0.2, -0.15) is 0 Å². The third kappa shape index (κ3) is 4.63. The Morgan fingerprint density at radius 1 is 1.38 bits per heavy atom. The highest BCUT2D eigenvalue weighted by molar-refractivity contribution is 5.83. The van der Waals surface area contributed by atoms with Crippen LogP contribution in [0.5, 0.6) is 0 Å². The van der Waals surface area contributed by atoms with Crippen LogP contribution in [0.4, 0.5) is 5.82 Å². The predicted molar refractivity (Wildman–Crippen MR) is 93.9 cm³/mol. The van der Waals surface area contributed by atoms with Gasteiger partial charge in [-0.1, -0.05) is 19.2 Å². The molecule has 1 N–H and O–H groups in total. The number of morpholine rings is 1. The summed E-state index contributed by atoms with van der Waals surface area (Å²) in [5.74, 6) is 0.498. The van der Waals surface area contributed by atoms with E-state index in [0.717, 1.165) is 36.1 Å². The third-order valence-corrected chi connectivity index (χ3v) is 3.51. The first-order chi connectivity index (χ1) is 11.5. The molecule has 0 aliphatic carbocycles. The largest absolute Gasteiger partial charge is 0.478 e. The number of carboxylic acid groups (broad SMARTS) is 1. The molecule has 0 radical (unpaired) electrons. The van der Waals surface area contributed by atoms with Crippen LogP contribution in [-0.2, 0) is 9.53 Å². The molecule has 2 rings (SSSR count). The Morgan fingerprint density at radius 3 is 2.71 bits per heavy atom. The molecular formula is C18H21N3O3. The SMILES string of the molecule is C=C/C(=C\C(=C)/C=C/C(=O)O)c1cnc(C)nc1N1CCOCC1. The maximum absolute atomic E-state index is 10.6. The molecule has 0 bridgehead atoms. The summed E-state index contributed by atoms with van der Waals surface area (Å²) in [6.45, 7) is 12.4. The lowest BCUT2D eigenvalue weighted by Gasteiger charge is -2.29. The van der Waals surface area contributed by atoms with E-state index in [1.54, 1.807) is 18.3 Å². The molecular weight excluding hydrogens is 306 g/mol. The van der Waals surface area contributed by atoms with E-state index in [0.29, 0.717) is 24.6 Å². The van der Waals surface area contributed by atoms with Crippen molar-refractivity contribution in [2.45, 2.75) is 6.92 Å². The fourth-order valence-electron chi connectivity index (χ4n) is 2.35. The number of hydrogen-bond donors (Lipinski definition) is 1. The van der Waals surface area contributed by atoms with Crippen molar-refractivity contribution in [1.82, 2.24) is 9.97 Å². The molecule has 1 fully saturated rings. The molecule has 1 aromatic rings. The fraction of sp³-hybridized carbons (Fsp3) is 0.278. The number of ether oxygens (including phenoxy) is 1. The highest BCUT2D eigenvalue weighted by Crippen LogP contribution is 2.27. The summed E-state index contributed by atoms with van der Waals surface area (Å²) in [7, 11) is 0. The van der Waals surface area contributed by atoms with Gasteiger partial charge < -0.3 is 14.7 Å². The van der Waals surface area contributed by atoms with Crippen LogP contribution < -0.4 is 4.90 Å². The molecule has 1 aliphatic heterocycles. The zero-order valence-electron chi connectivity index (χ0n) is 13.7. The van der Waals surface area contributed by atoms with Gasteiger partial charge in [-0.25, -0.2) is 14.8 Å². The van der Waals surface area contributed by atoms with Crippen molar-refractivity contribution < 1.29 is 14.6 Å². The fourth-order valence-corrected chi connectivity index (χ4v) is 2.35. The molecule has 126 valence electrons. The monoisotopic (exact) mass is 327 g/mol. The summed E-state index contributed by atoms with van der Waals surface area (Å²) >= 11 is 0. The molecule has 1 saturated heterocycles. The zero-order chi connectivity index (χ0) is 17.5. The Balaban J connectivity index is 2.38. The molecule has 1 aromatic heterocycles. The molecule has 0 unspecified atom stereocenters. The second kappa shape index (κ2) is 8.21. The van der Waals surface area contributed by atoms with Crippen LogP contribution in [0.2, 0.25) is 0 Å². The Kier molecular flexibility index (Phi) is 6.03. The van der Waals surface area contributed by atoms with E-state index >= 15 is 0 Å². The highest BCUT2D eigenvalue weighted by Gasteiger charge is 2.18. The first-order valence-corrected chi connectivity index (χ1v) is 7.62. The smallest absolute Gasteiger partial charge is 0.328 e. The van der Waals surface area contributed by atoms with Crippen molar-refractivity contribution in [3.8, 4) is 0 Å². The molecule has 6 nitrogen and oxygen atoms in total. The van der Waals surface area contributed by atoms with Crippen LogP contribution in [0.25, 0.3) is 5.57 Å². The standard InChI is InChI=1S/C18H21N3O3/c1-4-15(11-13(2)5-6-17(22)23)16-12-19-14(3)20-18(16)21-7-9-24-10-8-21/h4-6,11-12H,1-2,7-10H2,3H3,(H,22,23)/b6-5+,15-11+. The number of carboxylic acids is 1. The topological polar surface area (TPSA) is 75.5 Å². The van der Waals surface area contributed by atoms with Crippen LogP contribution in [0.3, 0.4) is 0 Å². The van der Waals surface area contributed by atoms with Crippen molar-refractivity contribution in [3.05, 3.63) is 60.6 Å². The highest BCUT2D eigenvalue weighted by atomic mass is 16.5. The lowest BCUT2D eigenvalue weighted by atomic mass is 10.0. The molecule has 24 heavy (non-hydrogen) atoms. The first kappa shape index (κ1) is 17.6. The van der Waals surface area contributed by atoms with Gasteiger partial charge in [0, 0.05) is 30.9 Å². The second-order valence-electron chi connectivity index (χ2n) is 5.30. The molecule has 0 saturated carbocycles. The number of hydrogen-bond acceptors (Lipinski definition) is 5. The molecule has 1 aliphatic rings. The van der Waals surface area contributed by atoms with E-state index in [9.17, 15) is 4.79 Å². The first-order valence-electron chi connectivity index (χ1n) is 7.62. The van der Waals surface area contributed by atoms with Crippen molar-refractivity contribution in [1.29, 1.82) is 0 Å². The van der Waals surface area contributed by atoms with Gasteiger partial charge in [0.05, 0.1) is 13.2 Å². The van der Waals surface area contributed by atoms with Gasteiger partial charge in [0.25, 0.3) is 0 Å². The Hall–Kier alpha value is -2.73. The van der Waals surface area contributed by atoms with Gasteiger partial charge in [0.1, 0.15) is 11.6 Å². The number of anilines is 1. The van der Waals surface area contributed by atoms with Gasteiger partial charge in [-0.05, 0) is 30.2 Å². The summed E-state index contributed by atoms with van der Waals surface area (Å²) in [4.78, 5) is 21.6. The Labute approximate surface area is 141 Å². The molecule has 2 heterocycles. The molecule has 0 amide bonds. The molecule has 0 aromatic carbocycles. The average Bonchev–Trinajstić information content (AvgIpc) is 2.59. The number of allylic oxidation sites excluding steroid dienone is 5. The number of rotatable bonds is 6. The van der Waals surface area contributed by atoms with Crippen LogP contribution >= 0.6 is 0 Å². The van der Waals surface area contributed by atoms with E-state index in [1.165, 1.54) is 6.08 Å². The van der Waals surface area contributed by atoms with Crippen LogP contribution in [0.1, 0.15) is 11.4 Å². The van der Waals surface area contributed by atoms with Crippen molar-refractivity contribution in [2.24, 2.45) is 0 Å². The zero-order valence-corrected chi connectivity index (χ0v) is 13.7. The summed E-state index contributed by atoms with van der Waals surface area (Å²) < 4.78 is 5.40. The average molecular weight is 327 g/mol. The van der Waals surface area contributed by atoms with Crippen molar-refractivity contribution in [2.75, 3.05) is 31.2 Å². The maximum atomic E-state index is 10.6. The van der Waals surface area contributed by atoms with Crippen LogP contribution in [-0.4, -0.2) is 47.3 Å². The van der Waals surface area contributed by atoms with Gasteiger partial charge >= 0.3 is 5.97 Å². The minimum absolute atomic E-state index is 0.556. The number of aromatic nitrogens is 2. The normalized spacial score (nSPS) is 15.5. The summed E-state index contributed by atoms with van der Waals surface area (Å²) in [5.41, 5.74) is 2.18. The number of nitrogens with zero attached hydrogens (tertiary/aromatic N) is 3. The van der Waals surface area contributed by atoms with E-state index < -0.39 is 5.97 Å². The number of aryl methyl sites for hydroxylation is 1. The second-order valence-corrected chi connectivity index (χ2v) is 5.30. The molecule has 0 spiro atoms. The minimum Gasteiger partial charge on any atom is -0.478 e. The van der Waals surface area contributed by atoms with E-state index in [4.69, 9.17) is 9.84 Å².